The lowest BCUT2D eigenvalue weighted by Gasteiger charge is -2.39. The topological polar surface area (TPSA) is 155 Å². The van der Waals surface area contributed by atoms with Crippen LogP contribution in [0.4, 0.5) is 5.69 Å². The van der Waals surface area contributed by atoms with Crippen molar-refractivity contribution in [2.24, 2.45) is 0 Å². The van der Waals surface area contributed by atoms with E-state index in [1.165, 1.54) is 0 Å². The number of ether oxygens (including phenoxy) is 2. The summed E-state index contributed by atoms with van der Waals surface area (Å²) in [5.41, 5.74) is 2.01. The van der Waals surface area contributed by atoms with Crippen LogP contribution in [0.1, 0.15) is 6.42 Å². The van der Waals surface area contributed by atoms with E-state index >= 15 is 0 Å². The molecule has 2 aromatic carbocycles. The van der Waals surface area contributed by atoms with Gasteiger partial charge in [-0.1, -0.05) is 29.3 Å². The van der Waals surface area contributed by atoms with Crippen LogP contribution in [0.3, 0.4) is 0 Å². The standard InChI is InChI=1S/C22H22Cl2N2O8/c23-12-3-1-2-11(17(12)24)21-26-13-8-10(4-5-14(13)33-21)25-16(28)6-7-32-22-20(31)19(30)18(29)15(9-27)34-22/h1-5,8,15,18-20,22,27,29-31H,6-7,9H2,(H,25,28)/t15-,18+,19+,20-,22-/m1/s1. The van der Waals surface area contributed by atoms with Gasteiger partial charge in [-0.2, -0.15) is 0 Å². The number of nitrogens with zero attached hydrogens (tertiary/aromatic N) is 1. The highest BCUT2D eigenvalue weighted by atomic mass is 35.5. The minimum atomic E-state index is -1.55. The summed E-state index contributed by atoms with van der Waals surface area (Å²) >= 11 is 12.3. The minimum absolute atomic E-state index is 0.0881. The number of hydrogen-bond donors (Lipinski definition) is 5. The molecule has 0 radical (unpaired) electrons. The Morgan fingerprint density at radius 1 is 1.12 bits per heavy atom. The highest BCUT2D eigenvalue weighted by molar-refractivity contribution is 6.43. The van der Waals surface area contributed by atoms with E-state index in [0.29, 0.717) is 38.3 Å². The van der Waals surface area contributed by atoms with Crippen molar-refractivity contribution in [2.75, 3.05) is 18.5 Å². The maximum Gasteiger partial charge on any atom is 0.228 e. The molecule has 5 atom stereocenters. The minimum Gasteiger partial charge on any atom is -0.436 e. The number of aromatic nitrogens is 1. The summed E-state index contributed by atoms with van der Waals surface area (Å²) in [5.74, 6) is -0.0931. The molecule has 3 aromatic rings. The first-order valence-electron chi connectivity index (χ1n) is 10.4. The van der Waals surface area contributed by atoms with Crippen LogP contribution in [0.2, 0.25) is 10.0 Å². The number of carbonyl (C=O) groups excluding carboxylic acids is 1. The van der Waals surface area contributed by atoms with E-state index in [2.05, 4.69) is 10.3 Å². The van der Waals surface area contributed by atoms with Crippen molar-refractivity contribution >= 4 is 45.9 Å². The predicted molar refractivity (Wildman–Crippen MR) is 122 cm³/mol. The highest BCUT2D eigenvalue weighted by Crippen LogP contribution is 2.35. The van der Waals surface area contributed by atoms with Crippen molar-refractivity contribution in [3.63, 3.8) is 0 Å². The van der Waals surface area contributed by atoms with Crippen LogP contribution >= 0.6 is 23.2 Å². The van der Waals surface area contributed by atoms with Gasteiger partial charge in [-0.25, -0.2) is 4.98 Å². The van der Waals surface area contributed by atoms with Crippen molar-refractivity contribution in [3.8, 4) is 11.5 Å². The molecule has 0 saturated carbocycles. The van der Waals surface area contributed by atoms with Crippen molar-refractivity contribution in [1.29, 1.82) is 0 Å². The highest BCUT2D eigenvalue weighted by Gasteiger charge is 2.43. The summed E-state index contributed by atoms with van der Waals surface area (Å²) in [6.45, 7) is -0.709. The van der Waals surface area contributed by atoms with E-state index < -0.39 is 37.3 Å². The van der Waals surface area contributed by atoms with Gasteiger partial charge in [0, 0.05) is 5.69 Å². The number of carbonyl (C=O) groups is 1. The van der Waals surface area contributed by atoms with E-state index in [-0.39, 0.29) is 18.9 Å². The number of benzene rings is 2. The normalized spacial score (nSPS) is 24.9. The lowest BCUT2D eigenvalue weighted by atomic mass is 9.99. The number of aliphatic hydroxyl groups is 4. The fourth-order valence-electron chi connectivity index (χ4n) is 3.49. The fourth-order valence-corrected chi connectivity index (χ4v) is 3.87. The molecule has 1 aromatic heterocycles. The summed E-state index contributed by atoms with van der Waals surface area (Å²) in [5, 5.41) is 42.1. The Bertz CT molecular complexity index is 1170. The Morgan fingerprint density at radius 3 is 2.68 bits per heavy atom. The Labute approximate surface area is 203 Å². The maximum atomic E-state index is 12.3. The number of nitrogens with one attached hydrogen (secondary N) is 1. The summed E-state index contributed by atoms with van der Waals surface area (Å²) in [6, 6.07) is 10.1. The predicted octanol–water partition coefficient (Wildman–Crippen LogP) is 1.95. The second kappa shape index (κ2) is 10.5. The van der Waals surface area contributed by atoms with Crippen molar-refractivity contribution in [1.82, 2.24) is 4.98 Å². The zero-order valence-electron chi connectivity index (χ0n) is 17.6. The van der Waals surface area contributed by atoms with Crippen LogP contribution in [0, 0.1) is 0 Å². The average molecular weight is 513 g/mol. The molecule has 10 nitrogen and oxygen atoms in total. The second-order valence-corrected chi connectivity index (χ2v) is 8.45. The molecule has 2 heterocycles. The molecule has 0 aliphatic carbocycles. The molecule has 0 bridgehead atoms. The summed E-state index contributed by atoms with van der Waals surface area (Å²) < 4.78 is 16.3. The van der Waals surface area contributed by atoms with Gasteiger partial charge in [0.2, 0.25) is 11.8 Å². The first-order valence-corrected chi connectivity index (χ1v) is 11.1. The third-order valence-electron chi connectivity index (χ3n) is 5.31. The van der Waals surface area contributed by atoms with E-state index in [0.717, 1.165) is 0 Å². The lowest BCUT2D eigenvalue weighted by Crippen LogP contribution is -2.59. The van der Waals surface area contributed by atoms with E-state index in [4.69, 9.17) is 37.1 Å². The molecule has 5 N–H and O–H groups in total. The molecule has 0 unspecified atom stereocenters. The van der Waals surface area contributed by atoms with Crippen molar-refractivity contribution in [2.45, 2.75) is 37.1 Å². The largest absolute Gasteiger partial charge is 0.436 e. The zero-order chi connectivity index (χ0) is 24.4. The summed E-state index contributed by atoms with van der Waals surface area (Å²) in [6.07, 6.45) is -7.03. The number of aliphatic hydroxyl groups excluding tert-OH is 4. The Hall–Kier alpha value is -2.28. The number of rotatable bonds is 7. The number of amides is 1. The van der Waals surface area contributed by atoms with E-state index in [9.17, 15) is 25.2 Å². The zero-order valence-corrected chi connectivity index (χ0v) is 19.1. The van der Waals surface area contributed by atoms with Gasteiger partial charge in [-0.05, 0) is 30.3 Å². The molecule has 182 valence electrons. The SMILES string of the molecule is O=C(CCO[C@@H]1O[C@H](CO)[C@H](O)[C@H](O)[C@H]1O)Nc1ccc2oc(-c3cccc(Cl)c3Cl)nc2c1. The van der Waals surface area contributed by atoms with Gasteiger partial charge in [0.15, 0.2) is 11.9 Å². The number of fused-ring (bicyclic) bond motifs is 1. The maximum absolute atomic E-state index is 12.3. The Morgan fingerprint density at radius 2 is 1.91 bits per heavy atom. The van der Waals surface area contributed by atoms with E-state index in [1.54, 1.807) is 36.4 Å². The van der Waals surface area contributed by atoms with Crippen molar-refractivity contribution in [3.05, 3.63) is 46.4 Å². The van der Waals surface area contributed by atoms with Crippen LogP contribution in [-0.4, -0.2) is 75.2 Å². The fraction of sp³-hybridized carbons (Fsp3) is 0.364. The molecule has 34 heavy (non-hydrogen) atoms. The third kappa shape index (κ3) is 5.19. The van der Waals surface area contributed by atoms with Gasteiger partial charge in [-0.15, -0.1) is 0 Å². The smallest absolute Gasteiger partial charge is 0.228 e. The average Bonchev–Trinajstić information content (AvgIpc) is 3.24. The molecule has 4 rings (SSSR count). The van der Waals surface area contributed by atoms with Gasteiger partial charge in [0.25, 0.3) is 0 Å². The second-order valence-electron chi connectivity index (χ2n) is 7.67. The van der Waals surface area contributed by atoms with Crippen LogP contribution in [0.25, 0.3) is 22.6 Å². The van der Waals surface area contributed by atoms with E-state index in [1.807, 2.05) is 0 Å². The molecule has 1 fully saturated rings. The van der Waals surface area contributed by atoms with Gasteiger partial charge >= 0.3 is 0 Å². The van der Waals surface area contributed by atoms with Crippen LogP contribution in [0.5, 0.6) is 0 Å². The van der Waals surface area contributed by atoms with Gasteiger partial charge in [-0.3, -0.25) is 4.79 Å². The van der Waals surface area contributed by atoms with Gasteiger partial charge in [0.05, 0.1) is 35.2 Å². The van der Waals surface area contributed by atoms with Gasteiger partial charge < -0.3 is 39.6 Å². The number of halogens is 2. The molecule has 1 saturated heterocycles. The first kappa shape index (κ1) is 24.8. The summed E-state index contributed by atoms with van der Waals surface area (Å²) in [4.78, 5) is 16.7. The number of hydrogen-bond acceptors (Lipinski definition) is 9. The van der Waals surface area contributed by atoms with Crippen LogP contribution < -0.4 is 5.32 Å². The summed E-state index contributed by atoms with van der Waals surface area (Å²) in [7, 11) is 0. The number of anilines is 1. The number of oxazole rings is 1. The molecular weight excluding hydrogens is 491 g/mol. The quantitative estimate of drug-likeness (QED) is 0.319. The molecule has 0 spiro atoms. The molecule has 1 aliphatic rings. The van der Waals surface area contributed by atoms with Crippen LogP contribution in [-0.2, 0) is 14.3 Å². The lowest BCUT2D eigenvalue weighted by molar-refractivity contribution is -0.300. The molecule has 1 amide bonds. The Kier molecular flexibility index (Phi) is 7.70. The molecular formula is C22H22Cl2N2O8. The van der Waals surface area contributed by atoms with Crippen LogP contribution in [0.15, 0.2) is 40.8 Å². The van der Waals surface area contributed by atoms with Crippen molar-refractivity contribution < 1.29 is 39.1 Å². The molecule has 1 aliphatic heterocycles. The Balaban J connectivity index is 1.35. The van der Waals surface area contributed by atoms with Gasteiger partial charge in [0.1, 0.15) is 29.9 Å². The molecule has 12 heteroatoms. The first-order chi connectivity index (χ1) is 16.3. The third-order valence-corrected chi connectivity index (χ3v) is 6.13. The monoisotopic (exact) mass is 512 g/mol.